The first kappa shape index (κ1) is 18.9. The molecule has 2 aromatic carbocycles. The Labute approximate surface area is 169 Å². The van der Waals surface area contributed by atoms with Crippen LogP contribution in [-0.4, -0.2) is 9.61 Å². The van der Waals surface area contributed by atoms with Gasteiger partial charge in [0, 0.05) is 11.6 Å². The molecule has 29 heavy (non-hydrogen) atoms. The van der Waals surface area contributed by atoms with Gasteiger partial charge >= 0.3 is 11.2 Å². The minimum Gasteiger partial charge on any atom is -0.842 e. The van der Waals surface area contributed by atoms with E-state index in [1.54, 1.807) is 10.6 Å². The van der Waals surface area contributed by atoms with Gasteiger partial charge in [-0.2, -0.15) is 0 Å². The summed E-state index contributed by atoms with van der Waals surface area (Å²) in [6.45, 7) is 4.05. The number of nitrogens with zero attached hydrogens (tertiary/aromatic N) is 3. The first-order valence-corrected chi connectivity index (χ1v) is 9.90. The molecule has 4 aromatic rings. The van der Waals surface area contributed by atoms with Gasteiger partial charge in [0.25, 0.3) is 0 Å². The summed E-state index contributed by atoms with van der Waals surface area (Å²) in [6.07, 6.45) is 2.13. The van der Waals surface area contributed by atoms with E-state index in [9.17, 15) is 9.90 Å². The van der Waals surface area contributed by atoms with E-state index in [1.807, 2.05) is 74.5 Å². The molecule has 2 aromatic heterocycles. The summed E-state index contributed by atoms with van der Waals surface area (Å²) in [6, 6.07) is 21.1. The fraction of sp³-hybridized carbons (Fsp3) is 0.208. The van der Waals surface area contributed by atoms with Crippen molar-refractivity contribution in [1.29, 1.82) is 0 Å². The highest BCUT2D eigenvalue weighted by atomic mass is 16.3. The fourth-order valence-corrected chi connectivity index (χ4v) is 3.47. The molecule has 0 aliphatic carbocycles. The number of fused-ring (bicyclic) bond motifs is 1. The molecule has 0 aliphatic rings. The molecule has 146 valence electrons. The monoisotopic (exact) mass is 385 g/mol. The Morgan fingerprint density at radius 3 is 2.41 bits per heavy atom. The molecule has 5 heteroatoms. The zero-order valence-corrected chi connectivity index (χ0v) is 16.6. The molecule has 0 saturated heterocycles. The van der Waals surface area contributed by atoms with Crippen LogP contribution in [0.3, 0.4) is 0 Å². The molecular weight excluding hydrogens is 362 g/mol. The van der Waals surface area contributed by atoms with Gasteiger partial charge in [-0.15, -0.1) is 0 Å². The lowest BCUT2D eigenvalue weighted by Gasteiger charge is -2.16. The Hall–Kier alpha value is -3.47. The van der Waals surface area contributed by atoms with E-state index in [4.69, 9.17) is 0 Å². The minimum absolute atomic E-state index is 0.262. The molecule has 0 saturated carbocycles. The number of aryl methyl sites for hydroxylation is 1. The topological polar surface area (TPSA) is 61.3 Å². The molecular formula is C24H23N3O2. The van der Waals surface area contributed by atoms with Crippen LogP contribution in [0.1, 0.15) is 30.9 Å². The van der Waals surface area contributed by atoms with Gasteiger partial charge in [0.15, 0.2) is 0 Å². The molecule has 0 radical (unpaired) electrons. The Morgan fingerprint density at radius 1 is 1.00 bits per heavy atom. The number of rotatable bonds is 5. The maximum Gasteiger partial charge on any atom is 0.365 e. The van der Waals surface area contributed by atoms with Gasteiger partial charge in [-0.05, 0) is 38.0 Å². The lowest BCUT2D eigenvalue weighted by atomic mass is 10.1. The standard InChI is InChI=1S/C24H23N3O2/c1-3-4-10-20-23(28)26(19-13-11-17(2)12-14-19)22-16-15-21(25-27(22)24(20)29)18-8-6-5-7-9-18/h5-9,11-16H,3-4,10H2,1-2H3. The van der Waals surface area contributed by atoms with Gasteiger partial charge in [-0.25, -0.2) is 9.36 Å². The lowest BCUT2D eigenvalue weighted by Crippen LogP contribution is -2.43. The SMILES string of the molecule is CCCCc1c([O-])[n+](-c2ccc(C)cc2)c2ccc(-c3ccccc3)nn2c1=O. The third kappa shape index (κ3) is 3.51. The van der Waals surface area contributed by atoms with Crippen molar-refractivity contribution in [3.63, 3.8) is 0 Å². The van der Waals surface area contributed by atoms with Crippen molar-refractivity contribution in [1.82, 2.24) is 9.61 Å². The van der Waals surface area contributed by atoms with Crippen LogP contribution in [0.4, 0.5) is 0 Å². The molecule has 0 aliphatic heterocycles. The quantitative estimate of drug-likeness (QED) is 0.495. The van der Waals surface area contributed by atoms with Gasteiger partial charge in [0.2, 0.25) is 0 Å². The maximum absolute atomic E-state index is 13.3. The molecule has 5 nitrogen and oxygen atoms in total. The van der Waals surface area contributed by atoms with E-state index < -0.39 is 0 Å². The minimum atomic E-state index is -0.334. The molecule has 2 heterocycles. The number of hydrogen-bond acceptors (Lipinski definition) is 3. The van der Waals surface area contributed by atoms with Gasteiger partial charge in [0.05, 0.1) is 11.4 Å². The van der Waals surface area contributed by atoms with Crippen molar-refractivity contribution in [3.8, 4) is 22.8 Å². The Morgan fingerprint density at radius 2 is 1.72 bits per heavy atom. The van der Waals surface area contributed by atoms with Gasteiger partial charge in [0.1, 0.15) is 11.4 Å². The molecule has 0 N–H and O–H groups in total. The molecule has 0 fully saturated rings. The Kier molecular flexibility index (Phi) is 5.12. The van der Waals surface area contributed by atoms with Crippen molar-refractivity contribution >= 4 is 5.65 Å². The summed E-state index contributed by atoms with van der Waals surface area (Å²) in [5.41, 5.74) is 3.85. The predicted molar refractivity (Wildman–Crippen MR) is 111 cm³/mol. The van der Waals surface area contributed by atoms with E-state index in [0.29, 0.717) is 17.8 Å². The first-order chi connectivity index (χ1) is 14.1. The molecule has 0 amide bonds. The van der Waals surface area contributed by atoms with Crippen LogP contribution >= 0.6 is 0 Å². The second kappa shape index (κ2) is 7.87. The number of unbranched alkanes of at least 4 members (excludes halogenated alkanes) is 1. The molecule has 0 unspecified atom stereocenters. The summed E-state index contributed by atoms with van der Waals surface area (Å²) in [7, 11) is 0. The summed E-state index contributed by atoms with van der Waals surface area (Å²) in [5, 5.41) is 17.9. The van der Waals surface area contributed by atoms with Crippen LogP contribution in [0.15, 0.2) is 71.5 Å². The van der Waals surface area contributed by atoms with Gasteiger partial charge < -0.3 is 5.11 Å². The summed E-state index contributed by atoms with van der Waals surface area (Å²) in [4.78, 5) is 13.2. The van der Waals surface area contributed by atoms with Crippen molar-refractivity contribution in [3.05, 3.63) is 88.2 Å². The van der Waals surface area contributed by atoms with E-state index in [2.05, 4.69) is 5.10 Å². The summed E-state index contributed by atoms with van der Waals surface area (Å²) < 4.78 is 2.96. The normalized spacial score (nSPS) is 11.1. The maximum atomic E-state index is 13.3. The highest BCUT2D eigenvalue weighted by Gasteiger charge is 2.22. The van der Waals surface area contributed by atoms with Crippen molar-refractivity contribution in [2.24, 2.45) is 0 Å². The Bertz CT molecular complexity index is 1210. The first-order valence-electron chi connectivity index (χ1n) is 9.90. The number of hydrogen-bond donors (Lipinski definition) is 0. The average molecular weight is 385 g/mol. The van der Waals surface area contributed by atoms with Crippen LogP contribution in [0.5, 0.6) is 5.88 Å². The number of benzene rings is 2. The third-order valence-electron chi connectivity index (χ3n) is 5.10. The molecule has 0 spiro atoms. The van der Waals surface area contributed by atoms with E-state index in [0.717, 1.165) is 29.7 Å². The van der Waals surface area contributed by atoms with Crippen molar-refractivity contribution in [2.75, 3.05) is 0 Å². The van der Waals surface area contributed by atoms with Gasteiger partial charge in [-0.3, -0.25) is 0 Å². The zero-order valence-electron chi connectivity index (χ0n) is 16.6. The van der Waals surface area contributed by atoms with Crippen LogP contribution in [0, 0.1) is 6.92 Å². The summed E-state index contributed by atoms with van der Waals surface area (Å²) >= 11 is 0. The van der Waals surface area contributed by atoms with Crippen LogP contribution < -0.4 is 15.2 Å². The van der Waals surface area contributed by atoms with Crippen molar-refractivity contribution < 1.29 is 9.67 Å². The van der Waals surface area contributed by atoms with Crippen molar-refractivity contribution in [2.45, 2.75) is 33.1 Å². The van der Waals surface area contributed by atoms with E-state index >= 15 is 0 Å². The van der Waals surface area contributed by atoms with Gasteiger partial charge in [-0.1, -0.05) is 71.0 Å². The largest absolute Gasteiger partial charge is 0.842 e. The highest BCUT2D eigenvalue weighted by Crippen LogP contribution is 2.18. The van der Waals surface area contributed by atoms with Crippen LogP contribution in [-0.2, 0) is 6.42 Å². The summed E-state index contributed by atoms with van der Waals surface area (Å²) in [5.74, 6) is -0.262. The molecule has 0 bridgehead atoms. The van der Waals surface area contributed by atoms with E-state index in [1.165, 1.54) is 4.52 Å². The average Bonchev–Trinajstić information content (AvgIpc) is 2.75. The third-order valence-corrected chi connectivity index (χ3v) is 5.10. The zero-order chi connectivity index (χ0) is 20.4. The van der Waals surface area contributed by atoms with Crippen LogP contribution in [0.2, 0.25) is 0 Å². The second-order valence-corrected chi connectivity index (χ2v) is 7.22. The highest BCUT2D eigenvalue weighted by molar-refractivity contribution is 5.59. The Balaban J connectivity index is 2.02. The molecule has 0 atom stereocenters. The fourth-order valence-electron chi connectivity index (χ4n) is 3.47. The molecule has 4 rings (SSSR count). The predicted octanol–water partition coefficient (Wildman–Crippen LogP) is 3.36. The second-order valence-electron chi connectivity index (χ2n) is 7.22. The number of aromatic nitrogens is 3. The lowest BCUT2D eigenvalue weighted by molar-refractivity contribution is -0.632. The smallest absolute Gasteiger partial charge is 0.365 e. The van der Waals surface area contributed by atoms with Crippen LogP contribution in [0.25, 0.3) is 22.6 Å². The van der Waals surface area contributed by atoms with E-state index in [-0.39, 0.29) is 17.0 Å².